The first kappa shape index (κ1) is 12.2. The minimum Gasteiger partial charge on any atom is -0.337 e. The molecule has 0 radical (unpaired) electrons. The van der Waals surface area contributed by atoms with Crippen molar-refractivity contribution in [3.63, 3.8) is 0 Å². The van der Waals surface area contributed by atoms with Crippen LogP contribution in [0.5, 0.6) is 0 Å². The highest BCUT2D eigenvalue weighted by molar-refractivity contribution is 5.54. The molecule has 2 atom stereocenters. The van der Waals surface area contributed by atoms with Crippen LogP contribution in [0.15, 0.2) is 22.7 Å². The second-order valence-electron chi connectivity index (χ2n) is 4.78. The average Bonchev–Trinajstić information content (AvgIpc) is 3.01. The predicted molar refractivity (Wildman–Crippen MR) is 64.2 cm³/mol. The lowest BCUT2D eigenvalue weighted by Crippen LogP contribution is -2.16. The quantitative estimate of drug-likeness (QED) is 0.907. The maximum Gasteiger partial charge on any atom is 0.244 e. The summed E-state index contributed by atoms with van der Waals surface area (Å²) in [6.45, 7) is 3.01. The van der Waals surface area contributed by atoms with Gasteiger partial charge < -0.3 is 9.84 Å². The Morgan fingerprint density at radius 3 is 2.84 bits per heavy atom. The zero-order chi connectivity index (χ0) is 13.4. The Morgan fingerprint density at radius 2 is 2.16 bits per heavy atom. The van der Waals surface area contributed by atoms with Crippen molar-refractivity contribution in [2.24, 2.45) is 5.92 Å². The Hall–Kier alpha value is -1.82. The molecule has 100 valence electrons. The number of aromatic nitrogens is 2. The van der Waals surface area contributed by atoms with Gasteiger partial charge in [0.2, 0.25) is 11.7 Å². The Bertz CT molecular complexity index is 599. The zero-order valence-electron chi connectivity index (χ0n) is 10.4. The molecule has 1 N–H and O–H groups in total. The molecule has 0 saturated carbocycles. The van der Waals surface area contributed by atoms with Crippen LogP contribution in [0.1, 0.15) is 25.3 Å². The summed E-state index contributed by atoms with van der Waals surface area (Å²) < 4.78 is 31.2. The van der Waals surface area contributed by atoms with Gasteiger partial charge in [0.25, 0.3) is 0 Å². The van der Waals surface area contributed by atoms with Gasteiger partial charge in [0.15, 0.2) is 11.6 Å². The average molecular weight is 265 g/mol. The molecule has 6 heteroatoms. The molecule has 1 saturated heterocycles. The Labute approximate surface area is 108 Å². The lowest BCUT2D eigenvalue weighted by molar-refractivity contribution is 0.319. The van der Waals surface area contributed by atoms with Gasteiger partial charge in [-0.3, -0.25) is 0 Å². The number of hydrogen-bond donors (Lipinski definition) is 1. The minimum atomic E-state index is -0.920. The standard InChI is InChI=1S/C13H13F2N3O/c1-7-4-5-16-11(7)13-17-12(18-19-13)8-2-3-9(14)10(15)6-8/h2-3,6-7,11,16H,4-5H2,1H3. The lowest BCUT2D eigenvalue weighted by atomic mass is 10.0. The third kappa shape index (κ3) is 2.23. The highest BCUT2D eigenvalue weighted by Gasteiger charge is 2.29. The Balaban J connectivity index is 1.90. The number of nitrogens with zero attached hydrogens (tertiary/aromatic N) is 2. The Kier molecular flexibility index (Phi) is 3.02. The summed E-state index contributed by atoms with van der Waals surface area (Å²) in [5.41, 5.74) is 0.402. The SMILES string of the molecule is CC1CCNC1c1nc(-c2ccc(F)c(F)c2)no1. The summed E-state index contributed by atoms with van der Waals surface area (Å²) in [7, 11) is 0. The fourth-order valence-corrected chi connectivity index (χ4v) is 2.28. The molecule has 0 aliphatic carbocycles. The topological polar surface area (TPSA) is 51.0 Å². The van der Waals surface area contributed by atoms with E-state index in [1.165, 1.54) is 6.07 Å². The van der Waals surface area contributed by atoms with Crippen molar-refractivity contribution >= 4 is 0 Å². The van der Waals surface area contributed by atoms with E-state index in [9.17, 15) is 8.78 Å². The van der Waals surface area contributed by atoms with Gasteiger partial charge in [-0.1, -0.05) is 12.1 Å². The van der Waals surface area contributed by atoms with Crippen LogP contribution < -0.4 is 5.32 Å². The number of rotatable bonds is 2. The van der Waals surface area contributed by atoms with E-state index in [0.717, 1.165) is 25.1 Å². The van der Waals surface area contributed by atoms with E-state index < -0.39 is 11.6 Å². The molecule has 1 aromatic heterocycles. The maximum absolute atomic E-state index is 13.2. The van der Waals surface area contributed by atoms with E-state index in [-0.39, 0.29) is 11.9 Å². The summed E-state index contributed by atoms with van der Waals surface area (Å²) in [6, 6.07) is 3.58. The van der Waals surface area contributed by atoms with Crippen LogP contribution in [0.4, 0.5) is 8.78 Å². The molecule has 4 nitrogen and oxygen atoms in total. The van der Waals surface area contributed by atoms with Crippen LogP contribution in [0.25, 0.3) is 11.4 Å². The first-order chi connectivity index (χ1) is 9.15. The number of hydrogen-bond acceptors (Lipinski definition) is 4. The van der Waals surface area contributed by atoms with Crippen LogP contribution in [0.2, 0.25) is 0 Å². The van der Waals surface area contributed by atoms with E-state index in [1.807, 2.05) is 0 Å². The molecule has 0 amide bonds. The van der Waals surface area contributed by atoms with Crippen molar-refractivity contribution in [3.8, 4) is 11.4 Å². The fraction of sp³-hybridized carbons (Fsp3) is 0.385. The third-order valence-electron chi connectivity index (χ3n) is 3.42. The number of halogens is 2. The second-order valence-corrected chi connectivity index (χ2v) is 4.78. The van der Waals surface area contributed by atoms with Crippen molar-refractivity contribution in [2.45, 2.75) is 19.4 Å². The van der Waals surface area contributed by atoms with Crippen molar-refractivity contribution in [1.82, 2.24) is 15.5 Å². The summed E-state index contributed by atoms with van der Waals surface area (Å²) in [5, 5.41) is 7.10. The first-order valence-corrected chi connectivity index (χ1v) is 6.17. The number of benzene rings is 1. The fourth-order valence-electron chi connectivity index (χ4n) is 2.28. The van der Waals surface area contributed by atoms with Crippen molar-refractivity contribution in [3.05, 3.63) is 35.7 Å². The van der Waals surface area contributed by atoms with Gasteiger partial charge in [0.1, 0.15) is 0 Å². The Morgan fingerprint density at radius 1 is 1.32 bits per heavy atom. The van der Waals surface area contributed by atoms with Crippen LogP contribution in [-0.2, 0) is 0 Å². The largest absolute Gasteiger partial charge is 0.337 e. The van der Waals surface area contributed by atoms with Gasteiger partial charge >= 0.3 is 0 Å². The second kappa shape index (κ2) is 4.70. The van der Waals surface area contributed by atoms with Gasteiger partial charge in [-0.25, -0.2) is 8.78 Å². The molecule has 1 aromatic carbocycles. The minimum absolute atomic E-state index is 0.0338. The molecule has 19 heavy (non-hydrogen) atoms. The van der Waals surface area contributed by atoms with Crippen molar-refractivity contribution < 1.29 is 13.3 Å². The van der Waals surface area contributed by atoms with E-state index in [2.05, 4.69) is 22.4 Å². The van der Waals surface area contributed by atoms with Crippen LogP contribution in [0, 0.1) is 17.6 Å². The predicted octanol–water partition coefficient (Wildman–Crippen LogP) is 2.69. The summed E-state index contributed by atoms with van der Waals surface area (Å²) >= 11 is 0. The smallest absolute Gasteiger partial charge is 0.244 e. The van der Waals surface area contributed by atoms with E-state index in [4.69, 9.17) is 4.52 Å². The summed E-state index contributed by atoms with van der Waals surface area (Å²) in [6.07, 6.45) is 1.05. The van der Waals surface area contributed by atoms with Crippen molar-refractivity contribution in [2.75, 3.05) is 6.54 Å². The number of nitrogens with one attached hydrogen (secondary N) is 1. The van der Waals surface area contributed by atoms with Crippen LogP contribution >= 0.6 is 0 Å². The molecule has 2 aromatic rings. The molecule has 2 unspecified atom stereocenters. The van der Waals surface area contributed by atoms with Gasteiger partial charge in [-0.2, -0.15) is 4.98 Å². The highest BCUT2D eigenvalue weighted by Crippen LogP contribution is 2.29. The van der Waals surface area contributed by atoms with Crippen molar-refractivity contribution in [1.29, 1.82) is 0 Å². The zero-order valence-corrected chi connectivity index (χ0v) is 10.4. The normalized spacial score (nSPS) is 22.9. The monoisotopic (exact) mass is 265 g/mol. The summed E-state index contributed by atoms with van der Waals surface area (Å²) in [5.74, 6) is -0.632. The van der Waals surface area contributed by atoms with Crippen LogP contribution in [0.3, 0.4) is 0 Å². The molecule has 2 heterocycles. The molecule has 1 aliphatic rings. The first-order valence-electron chi connectivity index (χ1n) is 6.17. The molecule has 1 aliphatic heterocycles. The third-order valence-corrected chi connectivity index (χ3v) is 3.42. The molecule has 3 rings (SSSR count). The molecule has 1 fully saturated rings. The van der Waals surface area contributed by atoms with E-state index in [0.29, 0.717) is 17.4 Å². The van der Waals surface area contributed by atoms with Gasteiger partial charge in [0, 0.05) is 5.56 Å². The highest BCUT2D eigenvalue weighted by atomic mass is 19.2. The maximum atomic E-state index is 13.2. The molecular weight excluding hydrogens is 252 g/mol. The molecule has 0 bridgehead atoms. The van der Waals surface area contributed by atoms with E-state index in [1.54, 1.807) is 0 Å². The van der Waals surface area contributed by atoms with Gasteiger partial charge in [0.05, 0.1) is 6.04 Å². The lowest BCUT2D eigenvalue weighted by Gasteiger charge is -2.09. The van der Waals surface area contributed by atoms with Crippen LogP contribution in [-0.4, -0.2) is 16.7 Å². The summed E-state index contributed by atoms with van der Waals surface area (Å²) in [4.78, 5) is 4.25. The van der Waals surface area contributed by atoms with E-state index >= 15 is 0 Å². The molecule has 0 spiro atoms. The molecular formula is C13H13F2N3O. The van der Waals surface area contributed by atoms with Gasteiger partial charge in [-0.05, 0) is 37.1 Å². The van der Waals surface area contributed by atoms with Gasteiger partial charge in [-0.15, -0.1) is 0 Å².